The minimum absolute atomic E-state index is 0.278. The van der Waals surface area contributed by atoms with Crippen molar-refractivity contribution in [3.8, 4) is 0 Å². The molecule has 0 amide bonds. The van der Waals surface area contributed by atoms with Crippen LogP contribution in [0.2, 0.25) is 0 Å². The molecule has 1 aromatic heterocycles. The number of nitrogens with one attached hydrogen (secondary N) is 2. The van der Waals surface area contributed by atoms with Gasteiger partial charge in [0.15, 0.2) is 0 Å². The van der Waals surface area contributed by atoms with E-state index in [9.17, 15) is 5.11 Å². The Morgan fingerprint density at radius 2 is 1.78 bits per heavy atom. The summed E-state index contributed by atoms with van der Waals surface area (Å²) in [5.74, 6) is 2.68. The Labute approximate surface area is 109 Å². The lowest BCUT2D eigenvalue weighted by Crippen LogP contribution is -2.17. The third-order valence-electron chi connectivity index (χ3n) is 2.39. The quantitative estimate of drug-likeness (QED) is 0.694. The fraction of sp³-hybridized carbons (Fsp3) is 0.692. The van der Waals surface area contributed by atoms with Gasteiger partial charge in [-0.3, -0.25) is 0 Å². The van der Waals surface area contributed by atoms with Gasteiger partial charge >= 0.3 is 0 Å². The molecule has 1 atom stereocenters. The topological polar surface area (TPSA) is 70.1 Å². The fourth-order valence-electron chi connectivity index (χ4n) is 1.41. The Kier molecular flexibility index (Phi) is 5.85. The molecular formula is C13H24N4O. The lowest BCUT2D eigenvalue weighted by atomic mass is 10.2. The number of aliphatic hydroxyl groups is 1. The van der Waals surface area contributed by atoms with E-state index >= 15 is 0 Å². The van der Waals surface area contributed by atoms with Crippen LogP contribution < -0.4 is 10.6 Å². The van der Waals surface area contributed by atoms with Crippen molar-refractivity contribution in [2.75, 3.05) is 23.7 Å². The molecule has 1 unspecified atom stereocenters. The van der Waals surface area contributed by atoms with Crippen molar-refractivity contribution in [1.82, 2.24) is 9.97 Å². The van der Waals surface area contributed by atoms with Crippen LogP contribution in [-0.2, 0) is 0 Å². The van der Waals surface area contributed by atoms with Crippen molar-refractivity contribution in [3.63, 3.8) is 0 Å². The highest BCUT2D eigenvalue weighted by Crippen LogP contribution is 2.17. The minimum Gasteiger partial charge on any atom is -0.392 e. The Morgan fingerprint density at radius 1 is 1.17 bits per heavy atom. The van der Waals surface area contributed by atoms with Crippen molar-refractivity contribution < 1.29 is 5.11 Å². The second kappa shape index (κ2) is 7.16. The molecule has 1 heterocycles. The maximum Gasteiger partial charge on any atom is 0.135 e. The van der Waals surface area contributed by atoms with Crippen molar-refractivity contribution >= 4 is 11.6 Å². The minimum atomic E-state index is -0.394. The highest BCUT2D eigenvalue weighted by atomic mass is 16.3. The fourth-order valence-corrected chi connectivity index (χ4v) is 1.41. The summed E-state index contributed by atoms with van der Waals surface area (Å²) in [6.45, 7) is 9.37. The summed E-state index contributed by atoms with van der Waals surface area (Å²) in [5.41, 5.74) is 0. The molecule has 102 valence electrons. The highest BCUT2D eigenvalue weighted by molar-refractivity contribution is 5.47. The van der Waals surface area contributed by atoms with E-state index in [0.717, 1.165) is 30.4 Å². The molecule has 0 spiro atoms. The molecule has 0 aliphatic rings. The van der Waals surface area contributed by atoms with E-state index in [1.54, 1.807) is 6.92 Å². The zero-order valence-corrected chi connectivity index (χ0v) is 11.7. The van der Waals surface area contributed by atoms with E-state index in [4.69, 9.17) is 0 Å². The van der Waals surface area contributed by atoms with Gasteiger partial charge in [0.2, 0.25) is 0 Å². The molecule has 1 aromatic rings. The molecule has 0 saturated carbocycles. The summed E-state index contributed by atoms with van der Waals surface area (Å²) in [4.78, 5) is 8.91. The number of rotatable bonds is 7. The lowest BCUT2D eigenvalue weighted by Gasteiger charge is -2.13. The highest BCUT2D eigenvalue weighted by Gasteiger charge is 2.08. The standard InChI is InChI=1S/C13H24N4O/c1-5-6-14-11-7-12(15-8-10(4)18)17-13(16-11)9(2)3/h7,9-10,18H,5-6,8H2,1-4H3,(H2,14,15,16,17). The molecule has 1 rings (SSSR count). The smallest absolute Gasteiger partial charge is 0.135 e. The number of hydrogen-bond donors (Lipinski definition) is 3. The van der Waals surface area contributed by atoms with Crippen LogP contribution in [0, 0.1) is 0 Å². The molecule has 18 heavy (non-hydrogen) atoms. The molecule has 5 nitrogen and oxygen atoms in total. The van der Waals surface area contributed by atoms with Gasteiger partial charge < -0.3 is 15.7 Å². The Morgan fingerprint density at radius 3 is 2.28 bits per heavy atom. The molecule has 0 aliphatic carbocycles. The summed E-state index contributed by atoms with van der Waals surface area (Å²) < 4.78 is 0. The van der Waals surface area contributed by atoms with Crippen LogP contribution in [0.25, 0.3) is 0 Å². The first-order valence-electron chi connectivity index (χ1n) is 6.57. The summed E-state index contributed by atoms with van der Waals surface area (Å²) in [7, 11) is 0. The van der Waals surface area contributed by atoms with Crippen LogP contribution in [0.15, 0.2) is 6.07 Å². The van der Waals surface area contributed by atoms with Crippen molar-refractivity contribution in [1.29, 1.82) is 0 Å². The predicted octanol–water partition coefficient (Wildman–Crippen LogP) is 2.21. The molecule has 0 aliphatic heterocycles. The summed E-state index contributed by atoms with van der Waals surface area (Å²) in [6, 6.07) is 1.88. The Hall–Kier alpha value is -1.36. The van der Waals surface area contributed by atoms with E-state index in [0.29, 0.717) is 6.54 Å². The van der Waals surface area contributed by atoms with Gasteiger partial charge in [-0.2, -0.15) is 0 Å². The molecular weight excluding hydrogens is 228 g/mol. The number of aromatic nitrogens is 2. The number of nitrogens with zero attached hydrogens (tertiary/aromatic N) is 2. The summed E-state index contributed by atoms with van der Waals surface area (Å²) in [6.07, 6.45) is 0.659. The second-order valence-electron chi connectivity index (χ2n) is 4.81. The van der Waals surface area contributed by atoms with Gasteiger partial charge in [-0.15, -0.1) is 0 Å². The Balaban J connectivity index is 2.83. The molecule has 0 saturated heterocycles. The predicted molar refractivity (Wildman–Crippen MR) is 75.1 cm³/mol. The van der Waals surface area contributed by atoms with Crippen LogP contribution in [0.4, 0.5) is 11.6 Å². The van der Waals surface area contributed by atoms with E-state index < -0.39 is 6.10 Å². The average molecular weight is 252 g/mol. The second-order valence-corrected chi connectivity index (χ2v) is 4.81. The van der Waals surface area contributed by atoms with Crippen LogP contribution in [0.1, 0.15) is 45.9 Å². The van der Waals surface area contributed by atoms with Crippen LogP contribution in [-0.4, -0.2) is 34.3 Å². The Bertz CT molecular complexity index is 366. The molecule has 0 fully saturated rings. The third kappa shape index (κ3) is 4.87. The zero-order chi connectivity index (χ0) is 13.5. The van der Waals surface area contributed by atoms with Crippen LogP contribution in [0.5, 0.6) is 0 Å². The van der Waals surface area contributed by atoms with Gasteiger partial charge in [0.25, 0.3) is 0 Å². The van der Waals surface area contributed by atoms with Gasteiger partial charge in [0.05, 0.1) is 6.10 Å². The van der Waals surface area contributed by atoms with Gasteiger partial charge in [-0.25, -0.2) is 9.97 Å². The lowest BCUT2D eigenvalue weighted by molar-refractivity contribution is 0.208. The van der Waals surface area contributed by atoms with Crippen LogP contribution in [0.3, 0.4) is 0 Å². The molecule has 5 heteroatoms. The first kappa shape index (κ1) is 14.7. The van der Waals surface area contributed by atoms with Gasteiger partial charge in [-0.05, 0) is 13.3 Å². The zero-order valence-electron chi connectivity index (χ0n) is 11.7. The number of anilines is 2. The van der Waals surface area contributed by atoms with Crippen molar-refractivity contribution in [2.24, 2.45) is 0 Å². The SMILES string of the molecule is CCCNc1cc(NCC(C)O)nc(C(C)C)n1. The van der Waals surface area contributed by atoms with E-state index in [1.165, 1.54) is 0 Å². The monoisotopic (exact) mass is 252 g/mol. The van der Waals surface area contributed by atoms with E-state index in [-0.39, 0.29) is 5.92 Å². The van der Waals surface area contributed by atoms with Crippen molar-refractivity contribution in [3.05, 3.63) is 11.9 Å². The molecule has 0 radical (unpaired) electrons. The summed E-state index contributed by atoms with van der Waals surface area (Å²) >= 11 is 0. The molecule has 3 N–H and O–H groups in total. The van der Waals surface area contributed by atoms with E-state index in [1.807, 2.05) is 6.07 Å². The maximum atomic E-state index is 9.28. The van der Waals surface area contributed by atoms with Crippen LogP contribution >= 0.6 is 0 Å². The van der Waals surface area contributed by atoms with Gasteiger partial charge in [0, 0.05) is 25.1 Å². The van der Waals surface area contributed by atoms with Gasteiger partial charge in [-0.1, -0.05) is 20.8 Å². The first-order chi connectivity index (χ1) is 8.52. The number of hydrogen-bond acceptors (Lipinski definition) is 5. The van der Waals surface area contributed by atoms with E-state index in [2.05, 4.69) is 41.4 Å². The molecule has 0 aromatic carbocycles. The van der Waals surface area contributed by atoms with Crippen molar-refractivity contribution in [2.45, 2.75) is 46.1 Å². The molecule has 0 bridgehead atoms. The normalized spacial score (nSPS) is 12.6. The largest absolute Gasteiger partial charge is 0.392 e. The average Bonchev–Trinajstić information content (AvgIpc) is 2.33. The third-order valence-corrected chi connectivity index (χ3v) is 2.39. The first-order valence-corrected chi connectivity index (χ1v) is 6.57. The maximum absolute atomic E-state index is 9.28. The van der Waals surface area contributed by atoms with Gasteiger partial charge in [0.1, 0.15) is 17.5 Å². The summed E-state index contributed by atoms with van der Waals surface area (Å²) in [5, 5.41) is 15.7. The number of aliphatic hydroxyl groups excluding tert-OH is 1.